The minimum Gasteiger partial charge on any atom is -0.478 e. The number of nitrogens with two attached hydrogens (primary N) is 1. The van der Waals surface area contributed by atoms with Crippen molar-refractivity contribution < 1.29 is 35.9 Å². The molecule has 3 aromatic rings. The lowest BCUT2D eigenvalue weighted by molar-refractivity contribution is -0.137. The number of oxazole rings is 1. The van der Waals surface area contributed by atoms with Crippen LogP contribution in [0.1, 0.15) is 34.8 Å². The third-order valence-electron chi connectivity index (χ3n) is 4.11. The van der Waals surface area contributed by atoms with Crippen molar-refractivity contribution in [3.8, 4) is 17.0 Å². The number of primary amides is 1. The molecule has 0 saturated heterocycles. The third kappa shape index (κ3) is 4.14. The van der Waals surface area contributed by atoms with Gasteiger partial charge in [-0.25, -0.2) is 13.8 Å². The lowest BCUT2D eigenvalue weighted by Crippen LogP contribution is -2.16. The fourth-order valence-corrected chi connectivity index (χ4v) is 2.64. The first kappa shape index (κ1) is 21.3. The topological polar surface area (TPSA) is 78.4 Å². The summed E-state index contributed by atoms with van der Waals surface area (Å²) < 4.78 is 76.6. The summed E-state index contributed by atoms with van der Waals surface area (Å²) in [4.78, 5) is 15.3. The molecule has 1 aromatic heterocycles. The van der Waals surface area contributed by atoms with Crippen molar-refractivity contribution in [1.29, 1.82) is 0 Å². The highest BCUT2D eigenvalue weighted by Gasteiger charge is 2.30. The monoisotopic (exact) mass is 422 g/mol. The highest BCUT2D eigenvalue weighted by atomic mass is 19.4. The highest BCUT2D eigenvalue weighted by molar-refractivity contribution is 6.33. The van der Waals surface area contributed by atoms with Crippen LogP contribution in [0.4, 0.5) is 22.0 Å². The zero-order valence-corrected chi connectivity index (χ0v) is 15.3. The Kier molecular flexibility index (Phi) is 5.56. The van der Waals surface area contributed by atoms with Gasteiger partial charge in [-0.1, -0.05) is 12.1 Å². The largest absolute Gasteiger partial charge is 0.478 e. The van der Waals surface area contributed by atoms with Crippen molar-refractivity contribution in [2.45, 2.75) is 19.2 Å². The second kappa shape index (κ2) is 7.81. The van der Waals surface area contributed by atoms with Gasteiger partial charge < -0.3 is 14.9 Å². The van der Waals surface area contributed by atoms with Crippen LogP contribution in [0.2, 0.25) is 0 Å². The van der Waals surface area contributed by atoms with E-state index >= 15 is 0 Å². The number of hydrogen-bond acceptors (Lipinski definition) is 4. The Morgan fingerprint density at radius 2 is 1.80 bits per heavy atom. The van der Waals surface area contributed by atoms with E-state index in [0.29, 0.717) is 0 Å². The molecule has 11 heteroatoms. The van der Waals surface area contributed by atoms with Gasteiger partial charge >= 0.3 is 6.18 Å². The van der Waals surface area contributed by atoms with E-state index in [9.17, 15) is 26.7 Å². The highest BCUT2D eigenvalue weighted by Crippen LogP contribution is 2.31. The Morgan fingerprint density at radius 3 is 2.37 bits per heavy atom. The van der Waals surface area contributed by atoms with Crippen LogP contribution in [0.25, 0.3) is 11.3 Å². The molecule has 0 unspecified atom stereocenters. The minimum atomic E-state index is -4.50. The van der Waals surface area contributed by atoms with Crippen LogP contribution < -0.4 is 16.1 Å². The predicted molar refractivity (Wildman–Crippen MR) is 96.2 cm³/mol. The maximum atomic E-state index is 14.3. The molecule has 0 saturated carbocycles. The molecule has 0 aliphatic heterocycles. The SMILES string of the molecule is [B]c1oc([C@@H](C)Oc2ccc(F)c(C(N)=O)c2F)nc1-c1ccc(C(F)(F)F)cc1. The van der Waals surface area contributed by atoms with Crippen LogP contribution in [0.3, 0.4) is 0 Å². The number of hydrogen-bond donors (Lipinski definition) is 1. The van der Waals surface area contributed by atoms with Crippen molar-refractivity contribution in [3.05, 3.63) is 65.1 Å². The second-order valence-electron chi connectivity index (χ2n) is 6.20. The zero-order chi connectivity index (χ0) is 22.2. The van der Waals surface area contributed by atoms with Gasteiger partial charge in [0.25, 0.3) is 5.91 Å². The van der Waals surface area contributed by atoms with E-state index in [1.54, 1.807) is 0 Å². The Balaban J connectivity index is 1.87. The third-order valence-corrected chi connectivity index (χ3v) is 4.11. The van der Waals surface area contributed by atoms with E-state index in [4.69, 9.17) is 22.7 Å². The van der Waals surface area contributed by atoms with Crippen LogP contribution in [0, 0.1) is 11.6 Å². The van der Waals surface area contributed by atoms with Gasteiger partial charge in [-0.3, -0.25) is 4.79 Å². The summed E-state index contributed by atoms with van der Waals surface area (Å²) in [6.45, 7) is 1.41. The average Bonchev–Trinajstić information content (AvgIpc) is 3.05. The molecule has 2 N–H and O–H groups in total. The maximum Gasteiger partial charge on any atom is 0.416 e. The van der Waals surface area contributed by atoms with E-state index in [1.807, 2.05) is 0 Å². The molecule has 0 fully saturated rings. The van der Waals surface area contributed by atoms with Crippen molar-refractivity contribution >= 4 is 19.4 Å². The molecule has 2 radical (unpaired) electrons. The summed E-state index contributed by atoms with van der Waals surface area (Å²) in [6.07, 6.45) is -5.54. The van der Waals surface area contributed by atoms with Gasteiger partial charge in [-0.15, -0.1) is 0 Å². The van der Waals surface area contributed by atoms with E-state index in [2.05, 4.69) is 4.98 Å². The van der Waals surface area contributed by atoms with Crippen LogP contribution in [0.5, 0.6) is 5.75 Å². The Morgan fingerprint density at radius 1 is 1.17 bits per heavy atom. The van der Waals surface area contributed by atoms with Gasteiger partial charge in [0, 0.05) is 5.56 Å². The summed E-state index contributed by atoms with van der Waals surface area (Å²) in [5.41, 5.74) is 3.27. The van der Waals surface area contributed by atoms with Crippen LogP contribution >= 0.6 is 0 Å². The van der Waals surface area contributed by atoms with Crippen LogP contribution in [0.15, 0.2) is 40.8 Å². The number of halogens is 5. The van der Waals surface area contributed by atoms with E-state index in [1.165, 1.54) is 19.1 Å². The molecular formula is C19H12BF5N2O3. The van der Waals surface area contributed by atoms with Crippen LogP contribution in [-0.2, 0) is 6.18 Å². The first-order valence-electron chi connectivity index (χ1n) is 8.37. The number of alkyl halides is 3. The van der Waals surface area contributed by atoms with Crippen molar-refractivity contribution in [3.63, 3.8) is 0 Å². The van der Waals surface area contributed by atoms with Gasteiger partial charge in [0.1, 0.15) is 17.1 Å². The fraction of sp³-hybridized carbons (Fsp3) is 0.158. The lowest BCUT2D eigenvalue weighted by Gasteiger charge is -2.13. The number of nitrogens with zero attached hydrogens (tertiary/aromatic N) is 1. The lowest BCUT2D eigenvalue weighted by atomic mass is 9.98. The first-order chi connectivity index (χ1) is 14.0. The molecule has 1 heterocycles. The predicted octanol–water partition coefficient (Wildman–Crippen LogP) is 3.67. The number of rotatable bonds is 5. The summed E-state index contributed by atoms with van der Waals surface area (Å²) in [5.74, 6) is -4.35. The van der Waals surface area contributed by atoms with E-state index < -0.39 is 46.7 Å². The van der Waals surface area contributed by atoms with Crippen molar-refractivity contribution in [2.24, 2.45) is 5.73 Å². The molecule has 0 aliphatic rings. The number of carbonyl (C=O) groups excluding carboxylic acids is 1. The van der Waals surface area contributed by atoms with Gasteiger partial charge in [0.05, 0.1) is 11.2 Å². The quantitative estimate of drug-likeness (QED) is 0.503. The molecule has 30 heavy (non-hydrogen) atoms. The summed E-state index contributed by atoms with van der Waals surface area (Å²) >= 11 is 0. The molecule has 3 rings (SSSR count). The smallest absolute Gasteiger partial charge is 0.416 e. The van der Waals surface area contributed by atoms with Gasteiger partial charge in [-0.2, -0.15) is 13.2 Å². The average molecular weight is 422 g/mol. The Labute approximate surface area is 168 Å². The number of amides is 1. The van der Waals surface area contributed by atoms with Gasteiger partial charge in [-0.05, 0) is 31.2 Å². The van der Waals surface area contributed by atoms with Crippen LogP contribution in [-0.4, -0.2) is 18.7 Å². The summed E-state index contributed by atoms with van der Waals surface area (Å²) in [6, 6.07) is 5.83. The molecule has 154 valence electrons. The normalized spacial score (nSPS) is 12.6. The number of carbonyl (C=O) groups is 1. The number of aromatic nitrogens is 1. The molecule has 1 atom stereocenters. The van der Waals surface area contributed by atoms with Crippen molar-refractivity contribution in [1.82, 2.24) is 4.98 Å². The standard InChI is InChI=1S/C19H12BF5N2O3/c1-8(29-12-7-6-11(21)13(14(12)22)17(26)28)18-27-15(16(20)30-18)9-2-4-10(5-3-9)19(23,24)25/h2-8H,1H3,(H2,26,28)/t8-/m1/s1. The number of ether oxygens (including phenoxy) is 1. The molecule has 2 aromatic carbocycles. The number of benzene rings is 2. The fourth-order valence-electron chi connectivity index (χ4n) is 2.64. The van der Waals surface area contributed by atoms with Gasteiger partial charge in [0.15, 0.2) is 25.5 Å². The Hall–Kier alpha value is -3.37. The first-order valence-corrected chi connectivity index (χ1v) is 8.37. The summed E-state index contributed by atoms with van der Waals surface area (Å²) in [7, 11) is 5.75. The second-order valence-corrected chi connectivity index (χ2v) is 6.20. The molecule has 0 spiro atoms. The van der Waals surface area contributed by atoms with Gasteiger partial charge in [0.2, 0.25) is 5.89 Å². The van der Waals surface area contributed by atoms with E-state index in [0.717, 1.165) is 24.3 Å². The van der Waals surface area contributed by atoms with Crippen molar-refractivity contribution in [2.75, 3.05) is 0 Å². The molecule has 5 nitrogen and oxygen atoms in total. The van der Waals surface area contributed by atoms with E-state index in [-0.39, 0.29) is 22.8 Å². The summed E-state index contributed by atoms with van der Waals surface area (Å²) in [5, 5.41) is 0. The molecule has 0 bridgehead atoms. The molecule has 0 aliphatic carbocycles. The molecular weight excluding hydrogens is 410 g/mol. The maximum absolute atomic E-state index is 14.3. The zero-order valence-electron chi connectivity index (χ0n) is 15.3. The molecule has 1 amide bonds. The Bertz CT molecular complexity index is 1100. The minimum absolute atomic E-state index is 0.0616.